The summed E-state index contributed by atoms with van der Waals surface area (Å²) in [6.45, 7) is 4.97. The predicted molar refractivity (Wildman–Crippen MR) is 110 cm³/mol. The summed E-state index contributed by atoms with van der Waals surface area (Å²) < 4.78 is 35.5. The van der Waals surface area contributed by atoms with Crippen molar-refractivity contribution in [3.63, 3.8) is 0 Å². The number of benzene rings is 1. The highest BCUT2D eigenvalue weighted by Crippen LogP contribution is 2.34. The molecule has 2 saturated heterocycles. The monoisotopic (exact) mass is 428 g/mol. The Morgan fingerprint density at radius 2 is 1.89 bits per heavy atom. The number of alkyl halides is 2. The van der Waals surface area contributed by atoms with Crippen LogP contribution in [0.3, 0.4) is 0 Å². The third kappa shape index (κ3) is 5.08. The largest absolute Gasteiger partial charge is 0.434 e. The molecule has 1 aromatic carbocycles. The number of hydrogen-bond acceptors (Lipinski definition) is 6. The Morgan fingerprint density at radius 3 is 2.50 bits per heavy atom. The second-order valence-electron chi connectivity index (χ2n) is 6.65. The quantitative estimate of drug-likeness (QED) is 0.511. The lowest BCUT2D eigenvalue weighted by molar-refractivity contribution is -0.122. The number of aryl methyl sites for hydroxylation is 2. The highest BCUT2D eigenvalue weighted by molar-refractivity contribution is 8.26. The van der Waals surface area contributed by atoms with Gasteiger partial charge in [-0.1, -0.05) is 24.0 Å². The molecule has 9 heteroatoms. The van der Waals surface area contributed by atoms with E-state index in [4.69, 9.17) is 17.0 Å². The number of thioether (sulfide) groups is 1. The molecule has 0 bridgehead atoms. The van der Waals surface area contributed by atoms with Crippen LogP contribution in [-0.2, 0) is 9.53 Å². The molecule has 2 heterocycles. The minimum absolute atomic E-state index is 0.119. The topological polar surface area (TPSA) is 42.0 Å². The number of thiocarbonyl (C=S) groups is 1. The van der Waals surface area contributed by atoms with Crippen molar-refractivity contribution in [1.29, 1.82) is 0 Å². The first-order chi connectivity index (χ1) is 13.3. The summed E-state index contributed by atoms with van der Waals surface area (Å²) in [6, 6.07) is 3.45. The van der Waals surface area contributed by atoms with Crippen LogP contribution in [0.1, 0.15) is 16.7 Å². The van der Waals surface area contributed by atoms with Crippen molar-refractivity contribution in [2.24, 2.45) is 0 Å². The van der Waals surface area contributed by atoms with Gasteiger partial charge in [0.15, 0.2) is 0 Å². The van der Waals surface area contributed by atoms with E-state index in [1.807, 2.05) is 0 Å². The van der Waals surface area contributed by atoms with E-state index in [0.717, 1.165) is 25.2 Å². The van der Waals surface area contributed by atoms with Crippen molar-refractivity contribution in [2.75, 3.05) is 39.4 Å². The van der Waals surface area contributed by atoms with Crippen LogP contribution in [0.15, 0.2) is 17.0 Å². The second kappa shape index (κ2) is 9.30. The van der Waals surface area contributed by atoms with E-state index in [9.17, 15) is 13.6 Å². The fourth-order valence-electron chi connectivity index (χ4n) is 3.25. The summed E-state index contributed by atoms with van der Waals surface area (Å²) in [4.78, 5) is 17.2. The number of morpholine rings is 1. The van der Waals surface area contributed by atoms with Crippen molar-refractivity contribution in [1.82, 2.24) is 9.80 Å². The van der Waals surface area contributed by atoms with E-state index in [0.29, 0.717) is 40.1 Å². The van der Waals surface area contributed by atoms with Gasteiger partial charge in [0.1, 0.15) is 10.1 Å². The van der Waals surface area contributed by atoms with Gasteiger partial charge >= 0.3 is 6.61 Å². The first kappa shape index (κ1) is 21.2. The highest BCUT2D eigenvalue weighted by atomic mass is 32.2. The molecule has 0 aliphatic carbocycles. The molecule has 3 rings (SSSR count). The molecule has 1 amide bonds. The summed E-state index contributed by atoms with van der Waals surface area (Å²) >= 11 is 6.64. The zero-order valence-electron chi connectivity index (χ0n) is 15.7. The zero-order valence-corrected chi connectivity index (χ0v) is 17.4. The van der Waals surface area contributed by atoms with Gasteiger partial charge in [0.05, 0.1) is 18.1 Å². The maximum atomic E-state index is 12.8. The molecule has 2 fully saturated rings. The normalized spacial score (nSPS) is 19.9. The van der Waals surface area contributed by atoms with Crippen LogP contribution >= 0.6 is 24.0 Å². The molecule has 0 unspecified atom stereocenters. The van der Waals surface area contributed by atoms with E-state index < -0.39 is 6.61 Å². The third-order valence-corrected chi connectivity index (χ3v) is 5.98. The Bertz CT molecular complexity index is 772. The summed E-state index contributed by atoms with van der Waals surface area (Å²) in [5, 5.41) is 0. The van der Waals surface area contributed by atoms with Crippen LogP contribution in [0.25, 0.3) is 6.08 Å². The molecule has 0 spiro atoms. The first-order valence-corrected chi connectivity index (χ1v) is 10.2. The van der Waals surface area contributed by atoms with Gasteiger partial charge in [0.2, 0.25) is 0 Å². The molecule has 0 aromatic heterocycles. The van der Waals surface area contributed by atoms with Crippen molar-refractivity contribution >= 4 is 40.3 Å². The van der Waals surface area contributed by atoms with Gasteiger partial charge < -0.3 is 9.47 Å². The predicted octanol–water partition coefficient (Wildman–Crippen LogP) is 3.44. The number of carbonyl (C=O) groups is 1. The fourth-order valence-corrected chi connectivity index (χ4v) is 4.56. The average Bonchev–Trinajstić information content (AvgIpc) is 2.90. The number of carbonyl (C=O) groups excluding carboxylic acids is 1. The number of amides is 1. The van der Waals surface area contributed by atoms with E-state index in [-0.39, 0.29) is 11.7 Å². The van der Waals surface area contributed by atoms with E-state index in [2.05, 4.69) is 9.64 Å². The summed E-state index contributed by atoms with van der Waals surface area (Å²) in [7, 11) is 0. The molecular formula is C19H22F2N2O3S2. The minimum atomic E-state index is -2.87. The summed E-state index contributed by atoms with van der Waals surface area (Å²) in [5.41, 5.74) is 1.94. The number of hydrogen-bond donors (Lipinski definition) is 0. The van der Waals surface area contributed by atoms with Gasteiger partial charge in [-0.05, 0) is 48.7 Å². The first-order valence-electron chi connectivity index (χ1n) is 8.96. The maximum absolute atomic E-state index is 12.8. The molecule has 28 heavy (non-hydrogen) atoms. The number of halogens is 2. The van der Waals surface area contributed by atoms with Crippen LogP contribution in [0.5, 0.6) is 5.75 Å². The molecule has 2 aliphatic rings. The summed E-state index contributed by atoms with van der Waals surface area (Å²) in [6.07, 6.45) is 1.75. The molecule has 152 valence electrons. The van der Waals surface area contributed by atoms with Crippen LogP contribution in [0, 0.1) is 13.8 Å². The van der Waals surface area contributed by atoms with Gasteiger partial charge in [-0.25, -0.2) is 0 Å². The van der Waals surface area contributed by atoms with Gasteiger partial charge in [0, 0.05) is 26.2 Å². The Hall–Kier alpha value is -1.55. The Kier molecular flexibility index (Phi) is 7.03. The van der Waals surface area contributed by atoms with Crippen molar-refractivity contribution < 1.29 is 23.0 Å². The highest BCUT2D eigenvalue weighted by Gasteiger charge is 2.32. The zero-order chi connectivity index (χ0) is 20.3. The van der Waals surface area contributed by atoms with Gasteiger partial charge in [-0.15, -0.1) is 0 Å². The van der Waals surface area contributed by atoms with Gasteiger partial charge in [0.25, 0.3) is 5.91 Å². The third-order valence-electron chi connectivity index (χ3n) is 4.60. The van der Waals surface area contributed by atoms with Crippen LogP contribution in [-0.4, -0.2) is 66.0 Å². The molecule has 0 atom stereocenters. The fraction of sp³-hybridized carbons (Fsp3) is 0.474. The van der Waals surface area contributed by atoms with Crippen molar-refractivity contribution in [3.8, 4) is 5.75 Å². The van der Waals surface area contributed by atoms with Crippen LogP contribution in [0.2, 0.25) is 0 Å². The molecule has 2 aliphatic heterocycles. The van der Waals surface area contributed by atoms with E-state index in [1.54, 1.807) is 37.0 Å². The van der Waals surface area contributed by atoms with E-state index >= 15 is 0 Å². The number of nitrogens with zero attached hydrogens (tertiary/aromatic N) is 2. The lowest BCUT2D eigenvalue weighted by atomic mass is 10.1. The smallest absolute Gasteiger partial charge is 0.387 e. The Morgan fingerprint density at radius 1 is 1.25 bits per heavy atom. The van der Waals surface area contributed by atoms with Gasteiger partial charge in [-0.3, -0.25) is 14.6 Å². The molecule has 0 radical (unpaired) electrons. The Balaban J connectivity index is 1.70. The summed E-state index contributed by atoms with van der Waals surface area (Å²) in [5.74, 6) is 0.0525. The number of ether oxygens (including phenoxy) is 2. The molecule has 0 saturated carbocycles. The van der Waals surface area contributed by atoms with Gasteiger partial charge in [-0.2, -0.15) is 8.78 Å². The van der Waals surface area contributed by atoms with Crippen LogP contribution < -0.4 is 4.74 Å². The lowest BCUT2D eigenvalue weighted by Crippen LogP contribution is -2.42. The molecule has 0 N–H and O–H groups in total. The molecule has 1 aromatic rings. The number of rotatable bonds is 6. The standard InChI is InChI=1S/C19H22F2N2O3S2/c1-12-9-14(10-13(2)16(12)26-18(20)21)11-15-17(24)23(19(27)28-15)4-3-22-5-7-25-8-6-22/h9-11,18H,3-8H2,1-2H3/b15-11+. The molecular weight excluding hydrogens is 406 g/mol. The maximum Gasteiger partial charge on any atom is 0.387 e. The van der Waals surface area contributed by atoms with Crippen molar-refractivity contribution in [2.45, 2.75) is 20.5 Å². The van der Waals surface area contributed by atoms with Crippen molar-refractivity contribution in [3.05, 3.63) is 33.7 Å². The molecule has 5 nitrogen and oxygen atoms in total. The van der Waals surface area contributed by atoms with E-state index in [1.165, 1.54) is 11.8 Å². The Labute approximate surface area is 172 Å². The van der Waals surface area contributed by atoms with Crippen LogP contribution in [0.4, 0.5) is 8.78 Å². The lowest BCUT2D eigenvalue weighted by Gasteiger charge is -2.28. The minimum Gasteiger partial charge on any atom is -0.434 e. The average molecular weight is 429 g/mol. The SMILES string of the molecule is Cc1cc(/C=C2/SC(=S)N(CCN3CCOCC3)C2=O)cc(C)c1OC(F)F. The second-order valence-corrected chi connectivity index (χ2v) is 8.33.